The summed E-state index contributed by atoms with van der Waals surface area (Å²) < 4.78 is 0. The van der Waals surface area contributed by atoms with Crippen molar-refractivity contribution in [2.75, 3.05) is 13.2 Å². The molecule has 0 saturated heterocycles. The molecule has 0 bridgehead atoms. The molecule has 0 radical (unpaired) electrons. The van der Waals surface area contributed by atoms with Gasteiger partial charge in [0.25, 0.3) is 0 Å². The first-order valence-electron chi connectivity index (χ1n) is 8.14. The van der Waals surface area contributed by atoms with E-state index >= 15 is 0 Å². The number of nitrogens with one attached hydrogen (secondary N) is 3. The SMILES string of the molecule is CC(C)CC(NC(=O)C(CO)NC(=O)C(CO)NC(=O)C(C)N)C(=O)O. The smallest absolute Gasteiger partial charge is 0.326 e. The second-order valence-corrected chi connectivity index (χ2v) is 6.31. The number of nitrogens with two attached hydrogens (primary N) is 1. The van der Waals surface area contributed by atoms with E-state index in [1.54, 1.807) is 13.8 Å². The van der Waals surface area contributed by atoms with Gasteiger partial charge in [-0.2, -0.15) is 0 Å². The van der Waals surface area contributed by atoms with Crippen LogP contribution in [-0.2, 0) is 19.2 Å². The van der Waals surface area contributed by atoms with Gasteiger partial charge in [-0.1, -0.05) is 13.8 Å². The lowest BCUT2D eigenvalue weighted by atomic mass is 10.0. The zero-order chi connectivity index (χ0) is 20.4. The molecule has 26 heavy (non-hydrogen) atoms. The number of hydrogen-bond donors (Lipinski definition) is 7. The van der Waals surface area contributed by atoms with Crippen molar-refractivity contribution in [1.29, 1.82) is 0 Å². The molecule has 150 valence electrons. The topological polar surface area (TPSA) is 191 Å². The first kappa shape index (κ1) is 23.8. The van der Waals surface area contributed by atoms with Crippen molar-refractivity contribution in [3.63, 3.8) is 0 Å². The number of aliphatic carboxylic acids is 1. The Bertz CT molecular complexity index is 510. The van der Waals surface area contributed by atoms with Crippen LogP contribution in [0.2, 0.25) is 0 Å². The molecule has 0 heterocycles. The van der Waals surface area contributed by atoms with Gasteiger partial charge in [0, 0.05) is 0 Å². The Balaban J connectivity index is 4.94. The highest BCUT2D eigenvalue weighted by molar-refractivity contribution is 5.94. The molecular weight excluding hydrogens is 348 g/mol. The normalized spacial score (nSPS) is 15.5. The van der Waals surface area contributed by atoms with E-state index in [2.05, 4.69) is 16.0 Å². The fraction of sp³-hybridized carbons (Fsp3) is 0.733. The lowest BCUT2D eigenvalue weighted by Crippen LogP contribution is -2.58. The van der Waals surface area contributed by atoms with E-state index in [1.807, 2.05) is 0 Å². The van der Waals surface area contributed by atoms with Crippen LogP contribution in [0.1, 0.15) is 27.2 Å². The Morgan fingerprint density at radius 2 is 1.19 bits per heavy atom. The fourth-order valence-corrected chi connectivity index (χ4v) is 1.93. The van der Waals surface area contributed by atoms with Crippen molar-refractivity contribution in [2.24, 2.45) is 11.7 Å². The first-order chi connectivity index (χ1) is 12.0. The molecule has 0 aromatic carbocycles. The van der Waals surface area contributed by atoms with Crippen molar-refractivity contribution >= 4 is 23.7 Å². The summed E-state index contributed by atoms with van der Waals surface area (Å²) in [6.45, 7) is 3.38. The van der Waals surface area contributed by atoms with Crippen molar-refractivity contribution in [1.82, 2.24) is 16.0 Å². The Morgan fingerprint density at radius 1 is 0.808 bits per heavy atom. The van der Waals surface area contributed by atoms with Crippen molar-refractivity contribution in [3.8, 4) is 0 Å². The minimum absolute atomic E-state index is 0.00852. The summed E-state index contributed by atoms with van der Waals surface area (Å²) in [4.78, 5) is 46.9. The summed E-state index contributed by atoms with van der Waals surface area (Å²) in [5.41, 5.74) is 5.35. The molecule has 0 aromatic heterocycles. The number of amides is 3. The molecule has 0 aliphatic carbocycles. The number of carboxylic acids is 1. The van der Waals surface area contributed by atoms with Crippen LogP contribution in [0.15, 0.2) is 0 Å². The van der Waals surface area contributed by atoms with E-state index in [9.17, 15) is 29.4 Å². The first-order valence-corrected chi connectivity index (χ1v) is 8.14. The average Bonchev–Trinajstić information content (AvgIpc) is 2.55. The zero-order valence-corrected chi connectivity index (χ0v) is 15.1. The lowest BCUT2D eigenvalue weighted by Gasteiger charge is -2.23. The van der Waals surface area contributed by atoms with E-state index in [1.165, 1.54) is 6.92 Å². The highest BCUT2D eigenvalue weighted by atomic mass is 16.4. The summed E-state index contributed by atoms with van der Waals surface area (Å²) in [6.07, 6.45) is 0.164. The number of carboxylic acid groups (broad SMARTS) is 1. The Labute approximate surface area is 151 Å². The highest BCUT2D eigenvalue weighted by Crippen LogP contribution is 2.05. The quantitative estimate of drug-likeness (QED) is 0.197. The molecule has 0 fully saturated rings. The van der Waals surface area contributed by atoms with Crippen LogP contribution in [0.4, 0.5) is 0 Å². The molecule has 0 rings (SSSR count). The van der Waals surface area contributed by atoms with Gasteiger partial charge in [0.05, 0.1) is 19.3 Å². The molecule has 8 N–H and O–H groups in total. The van der Waals surface area contributed by atoms with Gasteiger partial charge in [-0.3, -0.25) is 14.4 Å². The molecule has 11 heteroatoms. The Morgan fingerprint density at radius 3 is 1.50 bits per heavy atom. The third-order valence-electron chi connectivity index (χ3n) is 3.37. The molecule has 0 aromatic rings. The number of aliphatic hydroxyl groups excluding tert-OH is 2. The molecule has 0 aliphatic heterocycles. The minimum atomic E-state index is -1.45. The molecule has 0 spiro atoms. The number of carbonyl (C=O) groups excluding carboxylic acids is 3. The summed E-state index contributed by atoms with van der Waals surface area (Å²) in [6, 6.07) is -4.92. The van der Waals surface area contributed by atoms with Crippen LogP contribution in [0, 0.1) is 5.92 Å². The van der Waals surface area contributed by atoms with Crippen molar-refractivity contribution < 1.29 is 34.5 Å². The van der Waals surface area contributed by atoms with Crippen LogP contribution in [0.5, 0.6) is 0 Å². The number of aliphatic hydroxyl groups is 2. The van der Waals surface area contributed by atoms with Gasteiger partial charge < -0.3 is 37.0 Å². The molecule has 4 unspecified atom stereocenters. The predicted octanol–water partition coefficient (Wildman–Crippen LogP) is -3.10. The van der Waals surface area contributed by atoms with Crippen LogP contribution < -0.4 is 21.7 Å². The summed E-state index contributed by atoms with van der Waals surface area (Å²) in [5.74, 6) is -3.76. The van der Waals surface area contributed by atoms with Gasteiger partial charge in [0.1, 0.15) is 18.1 Å². The number of hydrogen-bond acceptors (Lipinski definition) is 7. The maximum absolute atomic E-state index is 12.1. The van der Waals surface area contributed by atoms with Crippen LogP contribution in [-0.4, -0.2) is 76.4 Å². The largest absolute Gasteiger partial charge is 0.480 e. The van der Waals surface area contributed by atoms with E-state index in [0.29, 0.717) is 0 Å². The van der Waals surface area contributed by atoms with Gasteiger partial charge >= 0.3 is 5.97 Å². The minimum Gasteiger partial charge on any atom is -0.480 e. The predicted molar refractivity (Wildman–Crippen MR) is 90.7 cm³/mol. The van der Waals surface area contributed by atoms with Gasteiger partial charge in [-0.25, -0.2) is 4.79 Å². The maximum atomic E-state index is 12.1. The zero-order valence-electron chi connectivity index (χ0n) is 15.1. The average molecular weight is 376 g/mol. The summed E-state index contributed by atoms with van der Waals surface area (Å²) in [7, 11) is 0. The molecule has 3 amide bonds. The van der Waals surface area contributed by atoms with E-state index in [4.69, 9.17) is 10.8 Å². The lowest BCUT2D eigenvalue weighted by molar-refractivity contribution is -0.143. The van der Waals surface area contributed by atoms with Crippen molar-refractivity contribution in [2.45, 2.75) is 51.4 Å². The standard InChI is InChI=1S/C15H28N4O7/c1-7(2)4-9(15(25)26)17-13(23)11(6-21)19-14(24)10(5-20)18-12(22)8(3)16/h7-11,20-21H,4-6,16H2,1-3H3,(H,17,23)(H,18,22)(H,19,24)(H,25,26). The highest BCUT2D eigenvalue weighted by Gasteiger charge is 2.29. The van der Waals surface area contributed by atoms with E-state index in [0.717, 1.165) is 0 Å². The second kappa shape index (κ2) is 11.4. The van der Waals surface area contributed by atoms with Crippen LogP contribution in [0.3, 0.4) is 0 Å². The number of carbonyl (C=O) groups is 4. The monoisotopic (exact) mass is 376 g/mol. The molecule has 11 nitrogen and oxygen atoms in total. The second-order valence-electron chi connectivity index (χ2n) is 6.31. The van der Waals surface area contributed by atoms with Gasteiger partial charge in [-0.05, 0) is 19.3 Å². The third-order valence-corrected chi connectivity index (χ3v) is 3.37. The summed E-state index contributed by atoms with van der Waals surface area (Å²) >= 11 is 0. The van der Waals surface area contributed by atoms with Crippen molar-refractivity contribution in [3.05, 3.63) is 0 Å². The fourth-order valence-electron chi connectivity index (χ4n) is 1.93. The molecule has 0 saturated carbocycles. The van der Waals surface area contributed by atoms with Crippen LogP contribution in [0.25, 0.3) is 0 Å². The summed E-state index contributed by atoms with van der Waals surface area (Å²) in [5, 5.41) is 34.2. The molecule has 0 aliphatic rings. The van der Waals surface area contributed by atoms with Gasteiger partial charge in [0.2, 0.25) is 17.7 Å². The molecular formula is C15H28N4O7. The van der Waals surface area contributed by atoms with Crippen LogP contribution >= 0.6 is 0 Å². The number of rotatable bonds is 11. The van der Waals surface area contributed by atoms with E-state index < -0.39 is 61.1 Å². The Kier molecular flexibility index (Phi) is 10.4. The van der Waals surface area contributed by atoms with Gasteiger partial charge in [-0.15, -0.1) is 0 Å². The third kappa shape index (κ3) is 8.23. The van der Waals surface area contributed by atoms with Gasteiger partial charge in [0.15, 0.2) is 0 Å². The Hall–Kier alpha value is -2.24. The van der Waals surface area contributed by atoms with E-state index in [-0.39, 0.29) is 12.3 Å². The molecule has 4 atom stereocenters. The maximum Gasteiger partial charge on any atom is 0.326 e.